The number of aryl methyl sites for hydroxylation is 1. The first-order valence-electron chi connectivity index (χ1n) is 5.39. The SMILES string of the molecule is Cc1c2sc[n+]1CCCCC(=O)OCC2.[Br-]. The van der Waals surface area contributed by atoms with Crippen molar-refractivity contribution in [1.82, 2.24) is 0 Å². The van der Waals surface area contributed by atoms with E-state index >= 15 is 0 Å². The maximum atomic E-state index is 11.2. The second kappa shape index (κ2) is 6.35. The summed E-state index contributed by atoms with van der Waals surface area (Å²) in [7, 11) is 0. The lowest BCUT2D eigenvalue weighted by Crippen LogP contribution is -3.00. The van der Waals surface area contributed by atoms with Crippen LogP contribution in [0.15, 0.2) is 5.51 Å². The van der Waals surface area contributed by atoms with Crippen LogP contribution in [0.25, 0.3) is 0 Å². The molecule has 1 aliphatic rings. The van der Waals surface area contributed by atoms with Crippen LogP contribution in [0.3, 0.4) is 0 Å². The molecule has 0 spiro atoms. The first-order valence-corrected chi connectivity index (χ1v) is 6.27. The van der Waals surface area contributed by atoms with Gasteiger partial charge in [-0.25, -0.2) is 0 Å². The van der Waals surface area contributed by atoms with Gasteiger partial charge < -0.3 is 21.7 Å². The number of fused-ring (bicyclic) bond motifs is 2. The van der Waals surface area contributed by atoms with Crippen molar-refractivity contribution < 1.29 is 31.1 Å². The Labute approximate surface area is 110 Å². The highest BCUT2D eigenvalue weighted by molar-refractivity contribution is 7.09. The molecular weight excluding hydrogens is 290 g/mol. The molecule has 0 saturated heterocycles. The maximum Gasteiger partial charge on any atom is 0.305 e. The van der Waals surface area contributed by atoms with Gasteiger partial charge in [0.25, 0.3) is 0 Å². The highest BCUT2D eigenvalue weighted by Gasteiger charge is 2.16. The fourth-order valence-corrected chi connectivity index (χ4v) is 2.80. The molecule has 2 bridgehead atoms. The van der Waals surface area contributed by atoms with E-state index in [1.165, 1.54) is 10.6 Å². The smallest absolute Gasteiger partial charge is 0.305 e. The molecule has 2 heterocycles. The van der Waals surface area contributed by atoms with Gasteiger partial charge in [0.15, 0.2) is 5.69 Å². The van der Waals surface area contributed by atoms with Crippen molar-refractivity contribution in [1.29, 1.82) is 0 Å². The van der Waals surface area contributed by atoms with Crippen molar-refractivity contribution in [3.8, 4) is 0 Å². The Morgan fingerprint density at radius 2 is 2.19 bits per heavy atom. The standard InChI is InChI=1S/C11H16NO2S.BrH/c1-9-10-5-7-14-11(13)4-2-3-6-12(9)8-15-10;/h8H,2-7H2,1H3;1H/q+1;/p-1. The summed E-state index contributed by atoms with van der Waals surface area (Å²) in [5.74, 6) is -0.0463. The molecule has 1 aromatic heterocycles. The number of aromatic nitrogens is 1. The molecule has 2 rings (SSSR count). The molecular formula is C11H16BrNO2S. The molecule has 0 radical (unpaired) electrons. The predicted octanol–water partition coefficient (Wildman–Crippen LogP) is -1.38. The fraction of sp³-hybridized carbons (Fsp3) is 0.636. The summed E-state index contributed by atoms with van der Waals surface area (Å²) in [5, 5.41) is 0. The zero-order valence-corrected chi connectivity index (χ0v) is 11.8. The molecule has 0 aromatic carbocycles. The fourth-order valence-electron chi connectivity index (χ4n) is 1.79. The molecule has 90 valence electrons. The molecule has 0 saturated carbocycles. The van der Waals surface area contributed by atoms with Gasteiger partial charge in [-0.2, -0.15) is 4.57 Å². The number of nitrogens with zero attached hydrogens (tertiary/aromatic N) is 1. The van der Waals surface area contributed by atoms with Gasteiger partial charge >= 0.3 is 5.97 Å². The van der Waals surface area contributed by atoms with Gasteiger partial charge in [0, 0.05) is 26.2 Å². The summed E-state index contributed by atoms with van der Waals surface area (Å²) < 4.78 is 7.44. The van der Waals surface area contributed by atoms with Crippen LogP contribution in [0.4, 0.5) is 0 Å². The van der Waals surface area contributed by atoms with E-state index in [-0.39, 0.29) is 23.0 Å². The number of halogens is 1. The summed E-state index contributed by atoms with van der Waals surface area (Å²) in [5.41, 5.74) is 3.51. The lowest BCUT2D eigenvalue weighted by atomic mass is 10.2. The zero-order chi connectivity index (χ0) is 10.7. The van der Waals surface area contributed by atoms with Crippen LogP contribution in [0, 0.1) is 6.92 Å². The van der Waals surface area contributed by atoms with Crippen LogP contribution in [0.5, 0.6) is 0 Å². The van der Waals surface area contributed by atoms with Crippen molar-refractivity contribution in [2.75, 3.05) is 6.61 Å². The quantitative estimate of drug-likeness (QED) is 0.437. The number of carbonyl (C=O) groups is 1. The Morgan fingerprint density at radius 3 is 3.00 bits per heavy atom. The van der Waals surface area contributed by atoms with E-state index in [1.54, 1.807) is 11.3 Å². The third-order valence-corrected chi connectivity index (χ3v) is 3.92. The van der Waals surface area contributed by atoms with Crippen molar-refractivity contribution >= 4 is 17.3 Å². The number of cyclic esters (lactones) is 1. The van der Waals surface area contributed by atoms with E-state index in [0.29, 0.717) is 13.0 Å². The minimum atomic E-state index is -0.0463. The molecule has 0 fully saturated rings. The van der Waals surface area contributed by atoms with Gasteiger partial charge in [-0.05, 0) is 6.42 Å². The molecule has 5 heteroatoms. The Balaban J connectivity index is 0.00000128. The van der Waals surface area contributed by atoms with Crippen LogP contribution in [0.1, 0.15) is 29.8 Å². The molecule has 0 unspecified atom stereocenters. The summed E-state index contributed by atoms with van der Waals surface area (Å²) in [6.45, 7) is 3.70. The first kappa shape index (κ1) is 13.6. The van der Waals surface area contributed by atoms with Gasteiger partial charge in [-0.1, -0.05) is 11.3 Å². The Kier molecular flexibility index (Phi) is 5.41. The Hall–Kier alpha value is -0.420. The monoisotopic (exact) mass is 305 g/mol. The number of hydrogen-bond donors (Lipinski definition) is 0. The summed E-state index contributed by atoms with van der Waals surface area (Å²) in [6.07, 6.45) is 3.40. The minimum absolute atomic E-state index is 0. The second-order valence-corrected chi connectivity index (χ2v) is 4.79. The molecule has 3 nitrogen and oxygen atoms in total. The second-order valence-electron chi connectivity index (χ2n) is 3.85. The van der Waals surface area contributed by atoms with Crippen LogP contribution in [-0.2, 0) is 22.5 Å². The predicted molar refractivity (Wildman–Crippen MR) is 57.8 cm³/mol. The van der Waals surface area contributed by atoms with Crippen molar-refractivity contribution in [3.63, 3.8) is 0 Å². The van der Waals surface area contributed by atoms with Crippen LogP contribution >= 0.6 is 11.3 Å². The molecule has 16 heavy (non-hydrogen) atoms. The van der Waals surface area contributed by atoms with Gasteiger partial charge in [-0.15, -0.1) is 0 Å². The van der Waals surface area contributed by atoms with Crippen LogP contribution in [-0.4, -0.2) is 12.6 Å². The van der Waals surface area contributed by atoms with Crippen LogP contribution in [0.2, 0.25) is 0 Å². The lowest BCUT2D eigenvalue weighted by Gasteiger charge is -2.01. The van der Waals surface area contributed by atoms with Gasteiger partial charge in [0.1, 0.15) is 6.54 Å². The van der Waals surface area contributed by atoms with E-state index in [4.69, 9.17) is 4.74 Å². The van der Waals surface area contributed by atoms with Crippen LogP contribution < -0.4 is 21.5 Å². The van der Waals surface area contributed by atoms with E-state index in [1.807, 2.05) is 0 Å². The zero-order valence-electron chi connectivity index (χ0n) is 9.37. The van der Waals surface area contributed by atoms with Gasteiger partial charge in [0.2, 0.25) is 5.51 Å². The maximum absolute atomic E-state index is 11.2. The van der Waals surface area contributed by atoms with Crippen molar-refractivity contribution in [2.45, 2.75) is 39.2 Å². The minimum Gasteiger partial charge on any atom is -1.00 e. The molecule has 0 atom stereocenters. The molecule has 1 aliphatic heterocycles. The van der Waals surface area contributed by atoms with Gasteiger partial charge in [0.05, 0.1) is 11.5 Å². The normalized spacial score (nSPS) is 16.9. The van der Waals surface area contributed by atoms with E-state index in [2.05, 4.69) is 17.0 Å². The lowest BCUT2D eigenvalue weighted by molar-refractivity contribution is -0.698. The number of thiazole rings is 1. The third-order valence-electron chi connectivity index (χ3n) is 2.78. The highest BCUT2D eigenvalue weighted by atomic mass is 79.9. The number of rotatable bonds is 0. The first-order chi connectivity index (χ1) is 7.27. The third kappa shape index (κ3) is 3.28. The highest BCUT2D eigenvalue weighted by Crippen LogP contribution is 2.13. The van der Waals surface area contributed by atoms with E-state index in [0.717, 1.165) is 25.8 Å². The summed E-state index contributed by atoms with van der Waals surface area (Å²) in [4.78, 5) is 12.6. The van der Waals surface area contributed by atoms with E-state index in [9.17, 15) is 4.79 Å². The topological polar surface area (TPSA) is 30.2 Å². The number of hydrogen-bond acceptors (Lipinski definition) is 3. The number of ether oxygens (including phenoxy) is 1. The van der Waals surface area contributed by atoms with Crippen molar-refractivity contribution in [2.24, 2.45) is 0 Å². The average Bonchev–Trinajstić information content (AvgIpc) is 2.53. The average molecular weight is 306 g/mol. The number of esters is 1. The molecule has 0 amide bonds. The van der Waals surface area contributed by atoms with Gasteiger partial charge in [-0.3, -0.25) is 4.79 Å². The Morgan fingerprint density at radius 1 is 1.38 bits per heavy atom. The Bertz CT molecular complexity index is 365. The largest absolute Gasteiger partial charge is 1.00 e. The molecule has 0 N–H and O–H groups in total. The summed E-state index contributed by atoms with van der Waals surface area (Å²) >= 11 is 1.76. The van der Waals surface area contributed by atoms with Crippen molar-refractivity contribution in [3.05, 3.63) is 16.1 Å². The summed E-state index contributed by atoms with van der Waals surface area (Å²) in [6, 6.07) is 0. The van der Waals surface area contributed by atoms with E-state index < -0.39 is 0 Å². The molecule has 1 aromatic rings. The number of carbonyl (C=O) groups excluding carboxylic acids is 1. The molecule has 0 aliphatic carbocycles.